The topological polar surface area (TPSA) is 9.23 Å². The summed E-state index contributed by atoms with van der Waals surface area (Å²) in [6.07, 6.45) is 0. The molecule has 0 aliphatic carbocycles. The first kappa shape index (κ1) is 11.1. The molecule has 0 unspecified atom stereocenters. The molecular formula is C16H11ClO. The molecule has 0 saturated carbocycles. The Morgan fingerprint density at radius 2 is 1.33 bits per heavy atom. The highest BCUT2D eigenvalue weighted by molar-refractivity contribution is 6.32. The molecular weight excluding hydrogens is 244 g/mol. The van der Waals surface area contributed by atoms with Gasteiger partial charge in [-0.1, -0.05) is 60.1 Å². The Morgan fingerprint density at radius 1 is 0.667 bits per heavy atom. The Balaban J connectivity index is 2.08. The van der Waals surface area contributed by atoms with E-state index in [1.54, 1.807) is 0 Å². The minimum absolute atomic E-state index is 0.616. The van der Waals surface area contributed by atoms with Crippen LogP contribution in [0, 0.1) is 0 Å². The van der Waals surface area contributed by atoms with E-state index in [1.165, 1.54) is 0 Å². The van der Waals surface area contributed by atoms with Crippen molar-refractivity contribution in [1.29, 1.82) is 0 Å². The maximum absolute atomic E-state index is 6.10. The molecule has 0 N–H and O–H groups in total. The van der Waals surface area contributed by atoms with Gasteiger partial charge in [-0.05, 0) is 23.6 Å². The van der Waals surface area contributed by atoms with Gasteiger partial charge in [-0.3, -0.25) is 0 Å². The predicted octanol–water partition coefficient (Wildman–Crippen LogP) is 5.29. The summed E-state index contributed by atoms with van der Waals surface area (Å²) < 4.78 is 5.89. The van der Waals surface area contributed by atoms with Gasteiger partial charge in [0, 0.05) is 5.39 Å². The molecule has 3 rings (SSSR count). The fraction of sp³-hybridized carbons (Fsp3) is 0. The van der Waals surface area contributed by atoms with Gasteiger partial charge < -0.3 is 4.74 Å². The summed E-state index contributed by atoms with van der Waals surface area (Å²) in [6.45, 7) is 0. The van der Waals surface area contributed by atoms with Crippen molar-refractivity contribution in [3.63, 3.8) is 0 Å². The van der Waals surface area contributed by atoms with Crippen molar-refractivity contribution in [2.24, 2.45) is 0 Å². The largest absolute Gasteiger partial charge is 0.455 e. The van der Waals surface area contributed by atoms with Gasteiger partial charge >= 0.3 is 0 Å². The molecule has 1 nitrogen and oxygen atoms in total. The third kappa shape index (κ3) is 2.05. The van der Waals surface area contributed by atoms with Crippen molar-refractivity contribution in [2.75, 3.05) is 0 Å². The summed E-state index contributed by atoms with van der Waals surface area (Å²) in [5, 5.41) is 2.85. The van der Waals surface area contributed by atoms with Crippen molar-refractivity contribution in [3.05, 3.63) is 71.8 Å². The minimum atomic E-state index is 0.616. The number of para-hydroxylation sites is 1. The molecule has 18 heavy (non-hydrogen) atoms. The van der Waals surface area contributed by atoms with Gasteiger partial charge in [-0.2, -0.15) is 0 Å². The maximum Gasteiger partial charge on any atom is 0.146 e. The number of benzene rings is 3. The van der Waals surface area contributed by atoms with Crippen LogP contribution in [-0.2, 0) is 0 Å². The molecule has 3 aromatic carbocycles. The SMILES string of the molecule is Clc1ccccc1Oc1cccc2ccccc12. The van der Waals surface area contributed by atoms with E-state index >= 15 is 0 Å². The number of hydrogen-bond donors (Lipinski definition) is 0. The van der Waals surface area contributed by atoms with E-state index < -0.39 is 0 Å². The quantitative estimate of drug-likeness (QED) is 0.604. The summed E-state index contributed by atoms with van der Waals surface area (Å²) in [7, 11) is 0. The molecule has 0 aromatic heterocycles. The third-order valence-corrected chi connectivity index (χ3v) is 3.12. The third-order valence-electron chi connectivity index (χ3n) is 2.81. The zero-order valence-electron chi connectivity index (χ0n) is 9.64. The number of hydrogen-bond acceptors (Lipinski definition) is 1. The fourth-order valence-electron chi connectivity index (χ4n) is 1.93. The molecule has 0 radical (unpaired) electrons. The standard InChI is InChI=1S/C16H11ClO/c17-14-9-3-4-10-16(14)18-15-11-5-7-12-6-1-2-8-13(12)15/h1-11H. The first-order chi connectivity index (χ1) is 8.84. The number of fused-ring (bicyclic) bond motifs is 1. The second kappa shape index (κ2) is 4.71. The molecule has 0 aliphatic rings. The molecule has 0 aliphatic heterocycles. The average molecular weight is 255 g/mol. The highest BCUT2D eigenvalue weighted by Crippen LogP contribution is 2.33. The summed E-state index contributed by atoms with van der Waals surface area (Å²) in [4.78, 5) is 0. The van der Waals surface area contributed by atoms with Gasteiger partial charge in [0.05, 0.1) is 5.02 Å². The van der Waals surface area contributed by atoms with E-state index in [2.05, 4.69) is 12.1 Å². The molecule has 0 fully saturated rings. The predicted molar refractivity (Wildman–Crippen MR) is 75.5 cm³/mol. The van der Waals surface area contributed by atoms with E-state index in [1.807, 2.05) is 54.6 Å². The van der Waals surface area contributed by atoms with Crippen LogP contribution < -0.4 is 4.74 Å². The lowest BCUT2D eigenvalue weighted by molar-refractivity contribution is 0.488. The van der Waals surface area contributed by atoms with Crippen LogP contribution in [0.4, 0.5) is 0 Å². The monoisotopic (exact) mass is 254 g/mol. The number of rotatable bonds is 2. The van der Waals surface area contributed by atoms with Crippen LogP contribution in [0.15, 0.2) is 66.7 Å². The molecule has 0 spiro atoms. The van der Waals surface area contributed by atoms with Crippen molar-refractivity contribution in [3.8, 4) is 11.5 Å². The first-order valence-corrected chi connectivity index (χ1v) is 6.12. The number of ether oxygens (including phenoxy) is 1. The maximum atomic E-state index is 6.10. The van der Waals surface area contributed by atoms with E-state index in [-0.39, 0.29) is 0 Å². The Kier molecular flexibility index (Phi) is 2.91. The van der Waals surface area contributed by atoms with Gasteiger partial charge in [0.2, 0.25) is 0 Å². The molecule has 88 valence electrons. The molecule has 0 amide bonds. The average Bonchev–Trinajstić information content (AvgIpc) is 2.42. The van der Waals surface area contributed by atoms with E-state index in [0.29, 0.717) is 10.8 Å². The van der Waals surface area contributed by atoms with Crippen LogP contribution >= 0.6 is 11.6 Å². The molecule has 3 aromatic rings. The highest BCUT2D eigenvalue weighted by atomic mass is 35.5. The Hall–Kier alpha value is -1.99. The van der Waals surface area contributed by atoms with Gasteiger partial charge in [0.25, 0.3) is 0 Å². The molecule has 0 heterocycles. The van der Waals surface area contributed by atoms with Crippen LogP contribution in [-0.4, -0.2) is 0 Å². The molecule has 2 heteroatoms. The lowest BCUT2D eigenvalue weighted by Gasteiger charge is -2.09. The van der Waals surface area contributed by atoms with Crippen LogP contribution in [0.1, 0.15) is 0 Å². The summed E-state index contributed by atoms with van der Waals surface area (Å²) in [5.74, 6) is 1.50. The minimum Gasteiger partial charge on any atom is -0.455 e. The highest BCUT2D eigenvalue weighted by Gasteiger charge is 2.05. The van der Waals surface area contributed by atoms with Gasteiger partial charge in [-0.25, -0.2) is 0 Å². The number of halogens is 1. The molecule has 0 atom stereocenters. The summed E-state index contributed by atoms with van der Waals surface area (Å²) in [6, 6.07) is 21.6. The van der Waals surface area contributed by atoms with Gasteiger partial charge in [0.1, 0.15) is 11.5 Å². The smallest absolute Gasteiger partial charge is 0.146 e. The molecule has 0 bridgehead atoms. The van der Waals surface area contributed by atoms with Gasteiger partial charge in [0.15, 0.2) is 0 Å². The van der Waals surface area contributed by atoms with Crippen molar-refractivity contribution >= 4 is 22.4 Å². The Morgan fingerprint density at radius 3 is 2.22 bits per heavy atom. The first-order valence-electron chi connectivity index (χ1n) is 5.75. The zero-order chi connectivity index (χ0) is 12.4. The van der Waals surface area contributed by atoms with Crippen molar-refractivity contribution in [1.82, 2.24) is 0 Å². The fourth-order valence-corrected chi connectivity index (χ4v) is 2.10. The second-order valence-corrected chi connectivity index (χ2v) is 4.42. The summed E-state index contributed by atoms with van der Waals surface area (Å²) in [5.41, 5.74) is 0. The van der Waals surface area contributed by atoms with E-state index in [4.69, 9.17) is 16.3 Å². The second-order valence-electron chi connectivity index (χ2n) is 4.01. The van der Waals surface area contributed by atoms with Crippen LogP contribution in [0.2, 0.25) is 5.02 Å². The zero-order valence-corrected chi connectivity index (χ0v) is 10.4. The van der Waals surface area contributed by atoms with Gasteiger partial charge in [-0.15, -0.1) is 0 Å². The summed E-state index contributed by atoms with van der Waals surface area (Å²) >= 11 is 6.10. The van der Waals surface area contributed by atoms with Crippen molar-refractivity contribution in [2.45, 2.75) is 0 Å². The normalized spacial score (nSPS) is 10.5. The lowest BCUT2D eigenvalue weighted by Crippen LogP contribution is -1.86. The van der Waals surface area contributed by atoms with Crippen LogP contribution in [0.25, 0.3) is 10.8 Å². The Labute approximate surface area is 111 Å². The van der Waals surface area contributed by atoms with Crippen LogP contribution in [0.3, 0.4) is 0 Å². The lowest BCUT2D eigenvalue weighted by atomic mass is 10.1. The molecule has 0 saturated heterocycles. The van der Waals surface area contributed by atoms with E-state index in [0.717, 1.165) is 16.5 Å². The van der Waals surface area contributed by atoms with Crippen molar-refractivity contribution < 1.29 is 4.74 Å². The van der Waals surface area contributed by atoms with E-state index in [9.17, 15) is 0 Å². The van der Waals surface area contributed by atoms with Crippen LogP contribution in [0.5, 0.6) is 11.5 Å². The Bertz CT molecular complexity index is 686.